The molecule has 0 atom stereocenters. The maximum absolute atomic E-state index is 10.6. The third-order valence-corrected chi connectivity index (χ3v) is 6.78. The molecule has 31 heavy (non-hydrogen) atoms. The van der Waals surface area contributed by atoms with E-state index in [1.54, 1.807) is 0 Å². The maximum Gasteiger partial charge on any atom is 0.135 e. The molecular formula is C24H21ClN4OS. The zero-order chi connectivity index (χ0) is 21.5. The van der Waals surface area contributed by atoms with Gasteiger partial charge in [-0.1, -0.05) is 41.9 Å². The Hall–Kier alpha value is -3.09. The smallest absolute Gasteiger partial charge is 0.135 e. The van der Waals surface area contributed by atoms with Crippen LogP contribution in [0, 0.1) is 5.41 Å². The minimum absolute atomic E-state index is 0.208. The lowest BCUT2D eigenvalue weighted by atomic mass is 10.1. The summed E-state index contributed by atoms with van der Waals surface area (Å²) in [5.41, 5.74) is 4.76. The van der Waals surface area contributed by atoms with Gasteiger partial charge in [0, 0.05) is 46.7 Å². The van der Waals surface area contributed by atoms with Crippen LogP contribution in [0.3, 0.4) is 0 Å². The first-order valence-corrected chi connectivity index (χ1v) is 11.3. The second-order valence-electron chi connectivity index (χ2n) is 7.67. The van der Waals surface area contributed by atoms with E-state index in [1.807, 2.05) is 40.6 Å². The van der Waals surface area contributed by atoms with Crippen LogP contribution in [0.4, 0.5) is 0 Å². The Balaban J connectivity index is 1.33. The number of nitrogens with one attached hydrogen (secondary N) is 1. The van der Waals surface area contributed by atoms with Crippen LogP contribution in [-0.4, -0.2) is 38.5 Å². The molecule has 1 aliphatic rings. The van der Waals surface area contributed by atoms with Crippen molar-refractivity contribution in [3.8, 4) is 11.3 Å². The molecule has 156 valence electrons. The molecule has 0 saturated heterocycles. The number of benzene rings is 2. The number of aliphatic hydroxyl groups is 1. The third kappa shape index (κ3) is 3.62. The molecule has 0 fully saturated rings. The second kappa shape index (κ2) is 7.87. The summed E-state index contributed by atoms with van der Waals surface area (Å²) in [6.45, 7) is 1.00. The molecular weight excluding hydrogens is 428 g/mol. The number of aryl methyl sites for hydroxylation is 1. The first kappa shape index (κ1) is 19.8. The van der Waals surface area contributed by atoms with Gasteiger partial charge in [0.2, 0.25) is 0 Å². The summed E-state index contributed by atoms with van der Waals surface area (Å²) in [5, 5.41) is 23.8. The van der Waals surface area contributed by atoms with Gasteiger partial charge in [0.15, 0.2) is 0 Å². The number of halogens is 1. The Labute approximate surface area is 189 Å². The van der Waals surface area contributed by atoms with Crippen LogP contribution >= 0.6 is 22.9 Å². The summed E-state index contributed by atoms with van der Waals surface area (Å²) in [6.07, 6.45) is 2.95. The van der Waals surface area contributed by atoms with Gasteiger partial charge in [-0.25, -0.2) is 4.98 Å². The van der Waals surface area contributed by atoms with Crippen molar-refractivity contribution in [2.45, 2.75) is 6.42 Å². The van der Waals surface area contributed by atoms with Gasteiger partial charge in [-0.3, -0.25) is 5.41 Å². The predicted molar refractivity (Wildman–Crippen MR) is 128 cm³/mol. The first-order chi connectivity index (χ1) is 15.0. The molecule has 0 radical (unpaired) electrons. The minimum Gasteiger partial charge on any atom is -0.510 e. The Morgan fingerprint density at radius 1 is 1.16 bits per heavy atom. The molecule has 2 N–H and O–H groups in total. The topological polar surface area (TPSA) is 65.1 Å². The Kier molecular flexibility index (Phi) is 5.04. The number of aliphatic hydroxyl groups excluding tert-OH is 1. The Bertz CT molecular complexity index is 1320. The van der Waals surface area contributed by atoms with E-state index in [0.717, 1.165) is 17.7 Å². The van der Waals surface area contributed by atoms with E-state index in [2.05, 4.69) is 41.0 Å². The van der Waals surface area contributed by atoms with Crippen molar-refractivity contribution in [2.24, 2.45) is 7.05 Å². The van der Waals surface area contributed by atoms with Crippen molar-refractivity contribution in [3.05, 3.63) is 81.5 Å². The van der Waals surface area contributed by atoms with Gasteiger partial charge < -0.3 is 14.6 Å². The van der Waals surface area contributed by atoms with Crippen LogP contribution < -0.4 is 0 Å². The number of fused-ring (bicyclic) bond motifs is 1. The average molecular weight is 449 g/mol. The lowest BCUT2D eigenvalue weighted by molar-refractivity contribution is 0.351. The van der Waals surface area contributed by atoms with E-state index < -0.39 is 0 Å². The molecule has 2 aromatic heterocycles. The quantitative estimate of drug-likeness (QED) is 0.408. The highest BCUT2D eigenvalue weighted by Crippen LogP contribution is 2.33. The molecule has 5 rings (SSSR count). The van der Waals surface area contributed by atoms with Gasteiger partial charge in [0.25, 0.3) is 0 Å². The van der Waals surface area contributed by atoms with Crippen LogP contribution in [0.5, 0.6) is 0 Å². The van der Waals surface area contributed by atoms with E-state index in [-0.39, 0.29) is 5.76 Å². The molecule has 2 aromatic carbocycles. The molecule has 5 nitrogen and oxygen atoms in total. The molecule has 0 amide bonds. The largest absolute Gasteiger partial charge is 0.510 e. The van der Waals surface area contributed by atoms with Crippen LogP contribution in [0.15, 0.2) is 65.9 Å². The van der Waals surface area contributed by atoms with Crippen LogP contribution in [0.25, 0.3) is 27.7 Å². The summed E-state index contributed by atoms with van der Waals surface area (Å²) >= 11 is 7.42. The van der Waals surface area contributed by atoms with Gasteiger partial charge in [-0.15, -0.1) is 11.3 Å². The summed E-state index contributed by atoms with van der Waals surface area (Å²) < 4.78 is 2.13. The van der Waals surface area contributed by atoms with Gasteiger partial charge in [-0.2, -0.15) is 0 Å². The number of hydrogen-bond acceptors (Lipinski definition) is 4. The molecule has 7 heteroatoms. The van der Waals surface area contributed by atoms with Gasteiger partial charge in [0.05, 0.1) is 17.8 Å². The van der Waals surface area contributed by atoms with Crippen molar-refractivity contribution in [1.29, 1.82) is 5.41 Å². The summed E-state index contributed by atoms with van der Waals surface area (Å²) in [7, 11) is 2.05. The van der Waals surface area contributed by atoms with E-state index >= 15 is 0 Å². The van der Waals surface area contributed by atoms with Gasteiger partial charge >= 0.3 is 0 Å². The number of rotatable bonds is 5. The van der Waals surface area contributed by atoms with Crippen molar-refractivity contribution in [3.63, 3.8) is 0 Å². The number of amidine groups is 1. The summed E-state index contributed by atoms with van der Waals surface area (Å²) in [5.74, 6) is 0.537. The maximum atomic E-state index is 10.6. The Morgan fingerprint density at radius 3 is 2.74 bits per heavy atom. The number of para-hydroxylation sites is 1. The molecule has 0 spiro atoms. The normalized spacial score (nSPS) is 14.3. The molecule has 0 unspecified atom stereocenters. The molecule has 0 saturated carbocycles. The molecule has 0 bridgehead atoms. The lowest BCUT2D eigenvalue weighted by Gasteiger charge is -2.18. The standard InChI is InChI=1S/C24H21ClN4OS/c1-28-12-16(18-4-2-3-5-20(18)28)10-11-29-13-21(30)22(23(29)26)24-27-19(14-31-24)15-6-8-17(25)9-7-15/h2-9,12,14,26,30H,10-11,13H2,1H3. The molecule has 3 heterocycles. The zero-order valence-electron chi connectivity index (χ0n) is 17.0. The monoisotopic (exact) mass is 448 g/mol. The van der Waals surface area contributed by atoms with Gasteiger partial charge in [-0.05, 0) is 30.2 Å². The van der Waals surface area contributed by atoms with E-state index in [1.165, 1.54) is 27.8 Å². The van der Waals surface area contributed by atoms with Crippen LogP contribution in [0.2, 0.25) is 5.02 Å². The fourth-order valence-electron chi connectivity index (χ4n) is 4.07. The zero-order valence-corrected chi connectivity index (χ0v) is 18.5. The highest BCUT2D eigenvalue weighted by atomic mass is 35.5. The number of hydrogen-bond donors (Lipinski definition) is 2. The number of thiazole rings is 1. The van der Waals surface area contributed by atoms with Crippen molar-refractivity contribution in [2.75, 3.05) is 13.1 Å². The van der Waals surface area contributed by atoms with Crippen LogP contribution in [0.1, 0.15) is 10.6 Å². The van der Waals surface area contributed by atoms with Crippen molar-refractivity contribution in [1.82, 2.24) is 14.5 Å². The van der Waals surface area contributed by atoms with Crippen molar-refractivity contribution < 1.29 is 5.11 Å². The van der Waals surface area contributed by atoms with E-state index in [9.17, 15) is 5.11 Å². The predicted octanol–water partition coefficient (Wildman–Crippen LogP) is 5.76. The first-order valence-electron chi connectivity index (χ1n) is 10.0. The number of nitrogens with zero attached hydrogens (tertiary/aromatic N) is 3. The fraction of sp³-hybridized carbons (Fsp3) is 0.167. The summed E-state index contributed by atoms with van der Waals surface area (Å²) in [4.78, 5) is 6.59. The highest BCUT2D eigenvalue weighted by Gasteiger charge is 2.30. The van der Waals surface area contributed by atoms with Crippen molar-refractivity contribution >= 4 is 45.2 Å². The second-order valence-corrected chi connectivity index (χ2v) is 8.96. The van der Waals surface area contributed by atoms with E-state index in [0.29, 0.717) is 34.5 Å². The minimum atomic E-state index is 0.208. The third-order valence-electron chi connectivity index (χ3n) is 5.67. The highest BCUT2D eigenvalue weighted by molar-refractivity contribution is 7.11. The average Bonchev–Trinajstić information content (AvgIpc) is 3.44. The molecule has 0 aliphatic carbocycles. The SMILES string of the molecule is Cn1cc(CCN2CC(O)=C(c3nc(-c4ccc(Cl)cc4)cs3)C2=N)c2ccccc21. The Morgan fingerprint density at radius 2 is 1.94 bits per heavy atom. The van der Waals surface area contributed by atoms with E-state index in [4.69, 9.17) is 17.0 Å². The fourth-order valence-corrected chi connectivity index (χ4v) is 5.09. The molecule has 1 aliphatic heterocycles. The molecule has 4 aromatic rings. The van der Waals surface area contributed by atoms with Gasteiger partial charge in [0.1, 0.15) is 16.6 Å². The lowest BCUT2D eigenvalue weighted by Crippen LogP contribution is -2.28. The summed E-state index contributed by atoms with van der Waals surface area (Å²) in [6, 6.07) is 15.9. The van der Waals surface area contributed by atoms with Crippen LogP contribution in [-0.2, 0) is 13.5 Å². The number of aromatic nitrogens is 2.